The van der Waals surface area contributed by atoms with E-state index in [9.17, 15) is 13.6 Å². The predicted octanol–water partition coefficient (Wildman–Crippen LogP) is 3.50. The predicted molar refractivity (Wildman–Crippen MR) is 79.8 cm³/mol. The lowest BCUT2D eigenvalue weighted by Gasteiger charge is -2.22. The first-order chi connectivity index (χ1) is 9.15. The normalized spacial score (nSPS) is 18.4. The third-order valence-corrected chi connectivity index (χ3v) is 3.66. The van der Waals surface area contributed by atoms with E-state index in [1.807, 2.05) is 0 Å². The Labute approximate surface area is 127 Å². The van der Waals surface area contributed by atoms with Crippen LogP contribution in [0.5, 0.6) is 0 Å². The molecule has 112 valence electrons. The molecular formula is C13H17ClF2N2OS. The Bertz CT molecular complexity index is 442. The molecule has 0 saturated carbocycles. The monoisotopic (exact) mass is 322 g/mol. The minimum atomic E-state index is -2.45. The van der Waals surface area contributed by atoms with Gasteiger partial charge >= 0.3 is 0 Å². The van der Waals surface area contributed by atoms with E-state index in [0.717, 1.165) is 25.8 Å². The molecule has 0 radical (unpaired) electrons. The van der Waals surface area contributed by atoms with E-state index in [-0.39, 0.29) is 24.4 Å². The Kier molecular flexibility index (Phi) is 7.26. The number of benzene rings is 1. The molecule has 1 aromatic rings. The van der Waals surface area contributed by atoms with Gasteiger partial charge in [-0.3, -0.25) is 4.79 Å². The summed E-state index contributed by atoms with van der Waals surface area (Å²) < 4.78 is 24.5. The van der Waals surface area contributed by atoms with Gasteiger partial charge in [0.2, 0.25) is 5.91 Å². The number of hydrogen-bond donors (Lipinski definition) is 2. The number of nitrogens with one attached hydrogen (secondary N) is 2. The van der Waals surface area contributed by atoms with Crippen LogP contribution in [0.25, 0.3) is 0 Å². The van der Waals surface area contributed by atoms with E-state index in [0.29, 0.717) is 22.3 Å². The van der Waals surface area contributed by atoms with E-state index in [1.54, 1.807) is 24.3 Å². The molecule has 1 atom stereocenters. The number of carbonyl (C=O) groups is 1. The van der Waals surface area contributed by atoms with Crippen molar-refractivity contribution >= 4 is 35.8 Å². The molecule has 1 unspecified atom stereocenters. The van der Waals surface area contributed by atoms with Crippen LogP contribution < -0.4 is 10.6 Å². The molecule has 0 aliphatic carbocycles. The van der Waals surface area contributed by atoms with Gasteiger partial charge in [-0.2, -0.15) is 8.78 Å². The van der Waals surface area contributed by atoms with Crippen molar-refractivity contribution in [2.45, 2.75) is 36.0 Å². The van der Waals surface area contributed by atoms with Crippen LogP contribution >= 0.6 is 24.2 Å². The van der Waals surface area contributed by atoms with Gasteiger partial charge < -0.3 is 10.6 Å². The zero-order chi connectivity index (χ0) is 13.7. The highest BCUT2D eigenvalue weighted by molar-refractivity contribution is 7.99. The molecular weight excluding hydrogens is 306 g/mol. The Morgan fingerprint density at radius 2 is 2.20 bits per heavy atom. The van der Waals surface area contributed by atoms with Gasteiger partial charge in [-0.15, -0.1) is 12.4 Å². The van der Waals surface area contributed by atoms with Crippen LogP contribution in [-0.2, 0) is 4.79 Å². The molecule has 1 fully saturated rings. The highest BCUT2D eigenvalue weighted by Crippen LogP contribution is 2.27. The zero-order valence-electron chi connectivity index (χ0n) is 10.8. The number of amides is 1. The lowest BCUT2D eigenvalue weighted by Crippen LogP contribution is -2.43. The number of hydrogen-bond acceptors (Lipinski definition) is 3. The van der Waals surface area contributed by atoms with Crippen molar-refractivity contribution in [2.75, 3.05) is 11.9 Å². The maximum Gasteiger partial charge on any atom is 0.288 e. The van der Waals surface area contributed by atoms with E-state index in [4.69, 9.17) is 0 Å². The second-order valence-corrected chi connectivity index (χ2v) is 5.46. The number of halogens is 3. The first-order valence-electron chi connectivity index (χ1n) is 6.24. The maximum absolute atomic E-state index is 12.3. The average Bonchev–Trinajstić information content (AvgIpc) is 2.39. The van der Waals surface area contributed by atoms with Gasteiger partial charge in [-0.05, 0) is 37.6 Å². The zero-order valence-corrected chi connectivity index (χ0v) is 12.4. The minimum absolute atomic E-state index is 0. The first-order valence-corrected chi connectivity index (χ1v) is 7.12. The summed E-state index contributed by atoms with van der Waals surface area (Å²) >= 11 is 0.475. The van der Waals surface area contributed by atoms with Gasteiger partial charge in [0.15, 0.2) is 0 Å². The van der Waals surface area contributed by atoms with Gasteiger partial charge in [0, 0.05) is 10.6 Å². The quantitative estimate of drug-likeness (QED) is 0.834. The number of carbonyl (C=O) groups excluding carboxylic acids is 1. The summed E-state index contributed by atoms with van der Waals surface area (Å²) in [6.45, 7) is 0.847. The van der Waals surface area contributed by atoms with Crippen LogP contribution in [-0.4, -0.2) is 24.3 Å². The fourth-order valence-electron chi connectivity index (χ4n) is 2.06. The van der Waals surface area contributed by atoms with Gasteiger partial charge in [-0.25, -0.2) is 0 Å². The molecule has 3 nitrogen and oxygen atoms in total. The largest absolute Gasteiger partial charge is 0.325 e. The Morgan fingerprint density at radius 1 is 1.40 bits per heavy atom. The lowest BCUT2D eigenvalue weighted by atomic mass is 10.0. The topological polar surface area (TPSA) is 41.1 Å². The molecule has 1 heterocycles. The SMILES string of the molecule is Cl.O=C(Nc1cccc(SC(F)F)c1)C1CCCCN1. The Morgan fingerprint density at radius 3 is 2.85 bits per heavy atom. The molecule has 7 heteroatoms. The summed E-state index contributed by atoms with van der Waals surface area (Å²) in [6.07, 6.45) is 2.94. The Balaban J connectivity index is 0.00000200. The van der Waals surface area contributed by atoms with Gasteiger partial charge in [-0.1, -0.05) is 24.2 Å². The molecule has 0 spiro atoms. The first kappa shape index (κ1) is 17.2. The molecule has 0 bridgehead atoms. The number of thioether (sulfide) groups is 1. The molecule has 20 heavy (non-hydrogen) atoms. The van der Waals surface area contributed by atoms with Crippen molar-refractivity contribution in [1.82, 2.24) is 5.32 Å². The highest BCUT2D eigenvalue weighted by atomic mass is 35.5. The lowest BCUT2D eigenvalue weighted by molar-refractivity contribution is -0.118. The average molecular weight is 323 g/mol. The van der Waals surface area contributed by atoms with E-state index in [1.165, 1.54) is 0 Å². The summed E-state index contributed by atoms with van der Waals surface area (Å²) in [5.74, 6) is -2.55. The van der Waals surface area contributed by atoms with Crippen molar-refractivity contribution in [3.05, 3.63) is 24.3 Å². The van der Waals surface area contributed by atoms with Crippen molar-refractivity contribution in [3.8, 4) is 0 Å². The van der Waals surface area contributed by atoms with Crippen molar-refractivity contribution in [1.29, 1.82) is 0 Å². The summed E-state index contributed by atoms with van der Waals surface area (Å²) in [4.78, 5) is 12.4. The molecule has 1 saturated heterocycles. The highest BCUT2D eigenvalue weighted by Gasteiger charge is 2.20. The van der Waals surface area contributed by atoms with Crippen LogP contribution in [0.3, 0.4) is 0 Å². The molecule has 2 N–H and O–H groups in total. The van der Waals surface area contributed by atoms with Crippen LogP contribution in [0.4, 0.5) is 14.5 Å². The van der Waals surface area contributed by atoms with Crippen LogP contribution in [0.15, 0.2) is 29.2 Å². The van der Waals surface area contributed by atoms with Crippen molar-refractivity contribution in [2.24, 2.45) is 0 Å². The number of anilines is 1. The number of rotatable bonds is 4. The van der Waals surface area contributed by atoms with E-state index >= 15 is 0 Å². The summed E-state index contributed by atoms with van der Waals surface area (Å²) in [7, 11) is 0. The van der Waals surface area contributed by atoms with Crippen LogP contribution in [0.1, 0.15) is 19.3 Å². The smallest absolute Gasteiger partial charge is 0.288 e. The second-order valence-electron chi connectivity index (χ2n) is 4.40. The van der Waals surface area contributed by atoms with Gasteiger partial charge in [0.25, 0.3) is 5.76 Å². The molecule has 1 aliphatic rings. The third kappa shape index (κ3) is 5.26. The van der Waals surface area contributed by atoms with Gasteiger partial charge in [0.1, 0.15) is 0 Å². The standard InChI is InChI=1S/C13H16F2N2OS.ClH/c14-13(15)19-10-5-3-4-9(8-10)17-12(18)11-6-1-2-7-16-11;/h3-5,8,11,13,16H,1-2,6-7H2,(H,17,18);1H. The molecule has 1 amide bonds. The maximum atomic E-state index is 12.3. The third-order valence-electron chi connectivity index (χ3n) is 2.95. The fraction of sp³-hybridized carbons (Fsp3) is 0.462. The summed E-state index contributed by atoms with van der Waals surface area (Å²) in [5.41, 5.74) is 0.558. The van der Waals surface area contributed by atoms with E-state index < -0.39 is 5.76 Å². The molecule has 2 rings (SSSR count). The number of alkyl halides is 2. The van der Waals surface area contributed by atoms with Crippen molar-refractivity contribution < 1.29 is 13.6 Å². The van der Waals surface area contributed by atoms with Crippen molar-refractivity contribution in [3.63, 3.8) is 0 Å². The van der Waals surface area contributed by atoms with E-state index in [2.05, 4.69) is 10.6 Å². The fourth-order valence-corrected chi connectivity index (χ4v) is 2.61. The second kappa shape index (κ2) is 8.44. The van der Waals surface area contributed by atoms with Crippen LogP contribution in [0, 0.1) is 0 Å². The minimum Gasteiger partial charge on any atom is -0.325 e. The van der Waals surface area contributed by atoms with Crippen LogP contribution in [0.2, 0.25) is 0 Å². The molecule has 0 aromatic heterocycles. The molecule has 1 aliphatic heterocycles. The van der Waals surface area contributed by atoms with Gasteiger partial charge in [0.05, 0.1) is 6.04 Å². The number of piperidine rings is 1. The summed E-state index contributed by atoms with van der Waals surface area (Å²) in [6, 6.07) is 6.36. The molecule has 1 aromatic carbocycles. The summed E-state index contributed by atoms with van der Waals surface area (Å²) in [5, 5.41) is 5.91. The Hall–Kier alpha value is -0.850.